The molecule has 1 unspecified atom stereocenters. The maximum absolute atomic E-state index is 13.9. The van der Waals surface area contributed by atoms with Crippen LogP contribution in [-0.4, -0.2) is 90.3 Å². The first kappa shape index (κ1) is 31.1. The Kier molecular flexibility index (Phi) is 9.77. The lowest BCUT2D eigenvalue weighted by Gasteiger charge is -2.44. The number of aliphatic hydroxyl groups is 2. The van der Waals surface area contributed by atoms with Crippen LogP contribution in [0, 0.1) is 5.92 Å². The molecule has 13 heteroatoms. The van der Waals surface area contributed by atoms with Crippen LogP contribution in [0.1, 0.15) is 41.8 Å². The Balaban J connectivity index is 1.48. The number of benzene rings is 1. The van der Waals surface area contributed by atoms with E-state index in [2.05, 4.69) is 4.98 Å². The van der Waals surface area contributed by atoms with Crippen molar-refractivity contribution in [2.75, 3.05) is 49.2 Å². The summed E-state index contributed by atoms with van der Waals surface area (Å²) in [5, 5.41) is 28.8. The smallest absolute Gasteiger partial charge is 0.348 e. The van der Waals surface area contributed by atoms with Gasteiger partial charge in [0.25, 0.3) is 0 Å². The van der Waals surface area contributed by atoms with Gasteiger partial charge in [0.1, 0.15) is 15.6 Å². The van der Waals surface area contributed by atoms with Crippen molar-refractivity contribution in [2.24, 2.45) is 5.92 Å². The predicted octanol–water partition coefficient (Wildman–Crippen LogP) is 3.29. The topological polar surface area (TPSA) is 152 Å². The minimum absolute atomic E-state index is 0.0171. The average molecular weight is 629 g/mol. The molecule has 1 saturated carbocycles. The molecule has 0 spiro atoms. The number of hydrogen-bond acceptors (Lipinski definition) is 9. The molecule has 3 N–H and O–H groups in total. The molecule has 3 heterocycles. The van der Waals surface area contributed by atoms with Crippen molar-refractivity contribution in [1.29, 1.82) is 0 Å². The highest BCUT2D eigenvalue weighted by Gasteiger charge is 2.44. The molecule has 1 aromatic carbocycles. The van der Waals surface area contributed by atoms with E-state index in [0.717, 1.165) is 53.9 Å². The number of hydrogen-bond donors (Lipinski definition) is 3. The summed E-state index contributed by atoms with van der Waals surface area (Å²) in [6.07, 6.45) is 5.86. The maximum atomic E-state index is 13.9. The van der Waals surface area contributed by atoms with Crippen LogP contribution in [0.3, 0.4) is 0 Å². The number of carboxylic acid groups (broad SMARTS) is 1. The normalized spacial score (nSPS) is 18.6. The van der Waals surface area contributed by atoms with Crippen molar-refractivity contribution in [2.45, 2.75) is 43.0 Å². The molecule has 230 valence electrons. The zero-order valence-corrected chi connectivity index (χ0v) is 25.3. The van der Waals surface area contributed by atoms with Gasteiger partial charge in [-0.3, -0.25) is 4.79 Å². The summed E-state index contributed by atoms with van der Waals surface area (Å²) in [5.74, 6) is -1.17. The zero-order valence-electron chi connectivity index (χ0n) is 23.7. The molecule has 43 heavy (non-hydrogen) atoms. The Morgan fingerprint density at radius 1 is 1.02 bits per heavy atom. The third-order valence-electron chi connectivity index (χ3n) is 8.14. The Morgan fingerprint density at radius 2 is 1.72 bits per heavy atom. The molecule has 0 bridgehead atoms. The van der Waals surface area contributed by atoms with Gasteiger partial charge in [0.15, 0.2) is 0 Å². The largest absolute Gasteiger partial charge is 0.477 e. The summed E-state index contributed by atoms with van der Waals surface area (Å²) >= 11 is 1.11. The van der Waals surface area contributed by atoms with Gasteiger partial charge >= 0.3 is 5.97 Å². The molecule has 1 saturated heterocycles. The molecule has 1 atom stereocenters. The highest BCUT2D eigenvalue weighted by Crippen LogP contribution is 2.42. The van der Waals surface area contributed by atoms with Crippen LogP contribution in [0.25, 0.3) is 10.4 Å². The van der Waals surface area contributed by atoms with Crippen molar-refractivity contribution < 1.29 is 33.3 Å². The van der Waals surface area contributed by atoms with Gasteiger partial charge in [0.2, 0.25) is 15.9 Å². The monoisotopic (exact) mass is 628 g/mol. The molecular formula is C30H36N4O7S2. The van der Waals surface area contributed by atoms with Gasteiger partial charge in [-0.2, -0.15) is 4.31 Å². The third-order valence-corrected chi connectivity index (χ3v) is 11.1. The number of thiophene rings is 1. The van der Waals surface area contributed by atoms with Gasteiger partial charge in [-0.1, -0.05) is 49.6 Å². The lowest BCUT2D eigenvalue weighted by atomic mass is 9.82. The maximum Gasteiger partial charge on any atom is 0.348 e. The van der Waals surface area contributed by atoms with Crippen LogP contribution in [0.4, 0.5) is 11.5 Å². The van der Waals surface area contributed by atoms with Crippen LogP contribution >= 0.6 is 11.3 Å². The van der Waals surface area contributed by atoms with E-state index in [-0.39, 0.29) is 48.5 Å². The van der Waals surface area contributed by atoms with E-state index in [9.17, 15) is 33.3 Å². The van der Waals surface area contributed by atoms with E-state index in [1.807, 2.05) is 30.3 Å². The van der Waals surface area contributed by atoms with Crippen LogP contribution in [0.5, 0.6) is 0 Å². The Labute approximate surface area is 255 Å². The second kappa shape index (κ2) is 13.5. The Morgan fingerprint density at radius 3 is 2.33 bits per heavy atom. The van der Waals surface area contributed by atoms with E-state index in [1.165, 1.54) is 22.6 Å². The number of sulfonamides is 1. The first-order chi connectivity index (χ1) is 20.7. The standard InChI is InChI=1S/C30H36N4O7S2/c35-15-13-32(14-16-36)27-12-11-23(18-31-27)43(40,41)33-19-25(21-7-3-1-4-8-21)34(28(37)20-33)24-17-26(42-29(24)30(38)39)22-9-5-2-6-10-22/h2,5-6,9-12,17-18,21,25,35-36H,1,3-4,7-8,13-16,19-20H2,(H,38,39). The van der Waals surface area contributed by atoms with Crippen LogP contribution in [0.2, 0.25) is 0 Å². The van der Waals surface area contributed by atoms with Crippen molar-refractivity contribution in [3.63, 3.8) is 0 Å². The highest BCUT2D eigenvalue weighted by atomic mass is 32.2. The fourth-order valence-corrected chi connectivity index (χ4v) is 8.39. The van der Waals surface area contributed by atoms with E-state index in [0.29, 0.717) is 11.5 Å². The lowest BCUT2D eigenvalue weighted by molar-refractivity contribution is -0.121. The second-order valence-corrected chi connectivity index (χ2v) is 13.8. The first-order valence-corrected chi connectivity index (χ1v) is 16.7. The summed E-state index contributed by atoms with van der Waals surface area (Å²) in [4.78, 5) is 34.5. The quantitative estimate of drug-likeness (QED) is 0.291. The van der Waals surface area contributed by atoms with Crippen molar-refractivity contribution in [1.82, 2.24) is 9.29 Å². The zero-order chi connectivity index (χ0) is 30.6. The number of carbonyl (C=O) groups is 2. The van der Waals surface area contributed by atoms with E-state index in [4.69, 9.17) is 0 Å². The minimum Gasteiger partial charge on any atom is -0.477 e. The lowest BCUT2D eigenvalue weighted by Crippen LogP contribution is -2.60. The number of rotatable bonds is 11. The van der Waals surface area contributed by atoms with E-state index in [1.54, 1.807) is 15.9 Å². The molecule has 1 amide bonds. The van der Waals surface area contributed by atoms with E-state index >= 15 is 0 Å². The molecule has 1 aliphatic heterocycles. The number of amides is 1. The first-order valence-electron chi connectivity index (χ1n) is 14.4. The molecule has 1 aliphatic carbocycles. The van der Waals surface area contributed by atoms with Gasteiger partial charge in [0, 0.05) is 30.7 Å². The van der Waals surface area contributed by atoms with Gasteiger partial charge in [-0.25, -0.2) is 18.2 Å². The van der Waals surface area contributed by atoms with Crippen LogP contribution in [0.15, 0.2) is 59.6 Å². The summed E-state index contributed by atoms with van der Waals surface area (Å²) in [6.45, 7) is -0.242. The predicted molar refractivity (Wildman–Crippen MR) is 164 cm³/mol. The van der Waals surface area contributed by atoms with Crippen LogP contribution < -0.4 is 9.80 Å². The average Bonchev–Trinajstić information content (AvgIpc) is 3.47. The van der Waals surface area contributed by atoms with E-state index < -0.39 is 34.5 Å². The Bertz CT molecular complexity index is 1520. The highest BCUT2D eigenvalue weighted by molar-refractivity contribution is 7.89. The van der Waals surface area contributed by atoms with Crippen molar-refractivity contribution in [3.05, 3.63) is 59.6 Å². The molecule has 3 aromatic rings. The minimum atomic E-state index is -4.11. The summed E-state index contributed by atoms with van der Waals surface area (Å²) in [6, 6.07) is 13.5. The SMILES string of the molecule is O=C(O)c1sc(-c2ccccc2)cc1N1C(=O)CN(S(=O)(=O)c2ccc(N(CCO)CCO)nc2)CC1C1CCCCC1. The number of pyridine rings is 1. The number of aromatic nitrogens is 1. The van der Waals surface area contributed by atoms with Crippen LogP contribution in [-0.2, 0) is 14.8 Å². The molecule has 2 aliphatic rings. The number of carboxylic acids is 1. The third kappa shape index (κ3) is 6.60. The molecular weight excluding hydrogens is 592 g/mol. The number of aliphatic hydroxyl groups excluding tert-OH is 2. The van der Waals surface area contributed by atoms with Crippen molar-refractivity contribution >= 4 is 44.7 Å². The number of piperazine rings is 1. The fourth-order valence-electron chi connectivity index (χ4n) is 6.04. The number of nitrogens with zero attached hydrogens (tertiary/aromatic N) is 4. The Hall–Kier alpha value is -3.36. The molecule has 0 radical (unpaired) electrons. The molecule has 2 fully saturated rings. The summed E-state index contributed by atoms with van der Waals surface area (Å²) < 4.78 is 28.8. The van der Waals surface area contributed by atoms with Gasteiger partial charge in [-0.05, 0) is 42.5 Å². The van der Waals surface area contributed by atoms with Gasteiger partial charge in [0.05, 0.1) is 31.5 Å². The number of aromatic carboxylic acids is 1. The summed E-state index contributed by atoms with van der Waals surface area (Å²) in [5.41, 5.74) is 1.16. The molecule has 5 rings (SSSR count). The second-order valence-electron chi connectivity index (χ2n) is 10.8. The molecule has 2 aromatic heterocycles. The van der Waals surface area contributed by atoms with Crippen molar-refractivity contribution in [3.8, 4) is 10.4 Å². The number of carbonyl (C=O) groups excluding carboxylic acids is 1. The molecule has 11 nitrogen and oxygen atoms in total. The van der Waals surface area contributed by atoms with Gasteiger partial charge < -0.3 is 25.1 Å². The number of anilines is 2. The fraction of sp³-hybridized carbons (Fsp3) is 0.433. The van der Waals surface area contributed by atoms with Gasteiger partial charge in [-0.15, -0.1) is 11.3 Å². The summed E-state index contributed by atoms with van der Waals surface area (Å²) in [7, 11) is -4.11.